The van der Waals surface area contributed by atoms with E-state index in [1.165, 1.54) is 0 Å². The molecule has 3 aromatic rings. The third kappa shape index (κ3) is 2.00. The largest absolute Gasteiger partial charge is 0.383 e. The Morgan fingerprint density at radius 1 is 1.26 bits per heavy atom. The van der Waals surface area contributed by atoms with Crippen LogP contribution < -0.4 is 5.73 Å². The second-order valence-corrected chi connectivity index (χ2v) is 5.43. The normalized spacial score (nSPS) is 10.8. The van der Waals surface area contributed by atoms with Gasteiger partial charge >= 0.3 is 0 Å². The van der Waals surface area contributed by atoms with E-state index in [2.05, 4.69) is 15.1 Å². The summed E-state index contributed by atoms with van der Waals surface area (Å²) < 4.78 is 1.67. The minimum Gasteiger partial charge on any atom is -0.383 e. The monoisotopic (exact) mass is 271 g/mol. The molecule has 0 unspecified atom stereocenters. The number of pyridine rings is 1. The van der Waals surface area contributed by atoms with Crippen molar-refractivity contribution in [2.45, 2.75) is 6.92 Å². The van der Waals surface area contributed by atoms with Crippen molar-refractivity contribution >= 4 is 17.2 Å². The lowest BCUT2D eigenvalue weighted by Gasteiger charge is -2.01. The van der Waals surface area contributed by atoms with Gasteiger partial charge in [-0.15, -0.1) is 11.3 Å². The third-order valence-electron chi connectivity index (χ3n) is 2.87. The highest BCUT2D eigenvalue weighted by atomic mass is 32.1. The molecule has 0 amide bonds. The summed E-state index contributed by atoms with van der Waals surface area (Å²) in [7, 11) is 1.83. The van der Waals surface area contributed by atoms with E-state index >= 15 is 0 Å². The van der Waals surface area contributed by atoms with Gasteiger partial charge in [0.15, 0.2) is 0 Å². The summed E-state index contributed by atoms with van der Waals surface area (Å²) in [4.78, 5) is 9.65. The van der Waals surface area contributed by atoms with Gasteiger partial charge in [-0.25, -0.2) is 4.98 Å². The standard InChI is InChI=1S/C13H13N5S/c1-8-16-7-10(19-8)12-11(13(14)18(2)17-12)9-5-3-4-6-15-9/h3-7H,14H2,1-2H3. The molecular formula is C13H13N5S. The van der Waals surface area contributed by atoms with E-state index in [4.69, 9.17) is 5.73 Å². The van der Waals surface area contributed by atoms with Crippen LogP contribution in [0.4, 0.5) is 5.82 Å². The molecule has 0 spiro atoms. The molecular weight excluding hydrogens is 258 g/mol. The first-order valence-corrected chi connectivity index (χ1v) is 6.65. The van der Waals surface area contributed by atoms with Gasteiger partial charge in [-0.3, -0.25) is 9.67 Å². The fraction of sp³-hybridized carbons (Fsp3) is 0.154. The molecule has 0 aliphatic heterocycles. The minimum atomic E-state index is 0.611. The Kier molecular flexibility index (Phi) is 2.79. The Bertz CT molecular complexity index is 714. The van der Waals surface area contributed by atoms with Crippen LogP contribution in [0.15, 0.2) is 30.6 Å². The van der Waals surface area contributed by atoms with Crippen molar-refractivity contribution in [3.63, 3.8) is 0 Å². The van der Waals surface area contributed by atoms with Crippen molar-refractivity contribution in [1.29, 1.82) is 0 Å². The first-order valence-electron chi connectivity index (χ1n) is 5.83. The average molecular weight is 271 g/mol. The Morgan fingerprint density at radius 3 is 2.74 bits per heavy atom. The number of aryl methyl sites for hydroxylation is 2. The van der Waals surface area contributed by atoms with Crippen molar-refractivity contribution < 1.29 is 0 Å². The summed E-state index contributed by atoms with van der Waals surface area (Å²) in [6.45, 7) is 1.97. The van der Waals surface area contributed by atoms with Crippen LogP contribution in [0.2, 0.25) is 0 Å². The van der Waals surface area contributed by atoms with Crippen LogP contribution in [-0.4, -0.2) is 19.7 Å². The number of hydrogen-bond acceptors (Lipinski definition) is 5. The van der Waals surface area contributed by atoms with Crippen molar-refractivity contribution in [1.82, 2.24) is 19.7 Å². The molecule has 0 bridgehead atoms. The van der Waals surface area contributed by atoms with Crippen LogP contribution in [0.3, 0.4) is 0 Å². The Hall–Kier alpha value is -2.21. The number of hydrogen-bond donors (Lipinski definition) is 1. The Labute approximate surface area is 114 Å². The molecule has 0 fully saturated rings. The molecule has 2 N–H and O–H groups in total. The van der Waals surface area contributed by atoms with Gasteiger partial charge in [0.25, 0.3) is 0 Å². The number of nitrogens with zero attached hydrogens (tertiary/aromatic N) is 4. The second kappa shape index (κ2) is 4.47. The predicted octanol–water partition coefficient (Wildman–Crippen LogP) is 2.50. The van der Waals surface area contributed by atoms with Crippen LogP contribution in [0.1, 0.15) is 5.01 Å². The summed E-state index contributed by atoms with van der Waals surface area (Å²) in [6.07, 6.45) is 3.58. The van der Waals surface area contributed by atoms with Gasteiger partial charge in [0.2, 0.25) is 0 Å². The molecule has 3 rings (SSSR count). The summed E-state index contributed by atoms with van der Waals surface area (Å²) in [5.41, 5.74) is 8.66. The molecule has 0 aromatic carbocycles. The quantitative estimate of drug-likeness (QED) is 0.777. The summed E-state index contributed by atoms with van der Waals surface area (Å²) in [5.74, 6) is 0.611. The molecule has 0 atom stereocenters. The molecule has 0 aliphatic carbocycles. The maximum Gasteiger partial charge on any atom is 0.131 e. The van der Waals surface area contributed by atoms with Crippen molar-refractivity contribution in [3.05, 3.63) is 35.6 Å². The van der Waals surface area contributed by atoms with E-state index in [0.717, 1.165) is 26.8 Å². The van der Waals surface area contributed by atoms with Crippen molar-refractivity contribution in [2.75, 3.05) is 5.73 Å². The van der Waals surface area contributed by atoms with Crippen LogP contribution in [0.5, 0.6) is 0 Å². The van der Waals surface area contributed by atoms with Gasteiger partial charge in [0.05, 0.1) is 21.1 Å². The highest BCUT2D eigenvalue weighted by Gasteiger charge is 2.19. The summed E-state index contributed by atoms with van der Waals surface area (Å²) >= 11 is 1.60. The number of nitrogen functional groups attached to an aromatic ring is 1. The maximum atomic E-state index is 6.12. The zero-order chi connectivity index (χ0) is 13.4. The fourth-order valence-corrected chi connectivity index (χ4v) is 2.71. The summed E-state index contributed by atoms with van der Waals surface area (Å²) in [6, 6.07) is 5.76. The average Bonchev–Trinajstić information content (AvgIpc) is 2.96. The third-order valence-corrected chi connectivity index (χ3v) is 3.79. The number of aromatic nitrogens is 4. The maximum absolute atomic E-state index is 6.12. The van der Waals surface area contributed by atoms with Crippen LogP contribution >= 0.6 is 11.3 Å². The van der Waals surface area contributed by atoms with Crippen LogP contribution in [0, 0.1) is 6.92 Å². The molecule has 19 heavy (non-hydrogen) atoms. The van der Waals surface area contributed by atoms with Gasteiger partial charge in [-0.2, -0.15) is 5.10 Å². The lowest BCUT2D eigenvalue weighted by Crippen LogP contribution is -1.98. The van der Waals surface area contributed by atoms with Gasteiger partial charge in [-0.1, -0.05) is 6.07 Å². The highest BCUT2D eigenvalue weighted by Crippen LogP contribution is 2.36. The smallest absolute Gasteiger partial charge is 0.131 e. The van der Waals surface area contributed by atoms with Crippen LogP contribution in [0.25, 0.3) is 21.8 Å². The molecule has 0 saturated heterocycles. The number of rotatable bonds is 2. The van der Waals surface area contributed by atoms with Crippen molar-refractivity contribution in [3.8, 4) is 21.8 Å². The Morgan fingerprint density at radius 2 is 2.11 bits per heavy atom. The van der Waals surface area contributed by atoms with E-state index in [9.17, 15) is 0 Å². The number of anilines is 1. The molecule has 3 aromatic heterocycles. The predicted molar refractivity (Wildman–Crippen MR) is 76.7 cm³/mol. The zero-order valence-corrected chi connectivity index (χ0v) is 11.5. The molecule has 6 heteroatoms. The first kappa shape index (κ1) is 11.9. The first-order chi connectivity index (χ1) is 9.16. The zero-order valence-electron chi connectivity index (χ0n) is 10.7. The van der Waals surface area contributed by atoms with Gasteiger partial charge in [0, 0.05) is 19.4 Å². The van der Waals surface area contributed by atoms with E-state index < -0.39 is 0 Å². The fourth-order valence-electron chi connectivity index (χ4n) is 1.94. The molecule has 0 saturated carbocycles. The van der Waals surface area contributed by atoms with E-state index in [-0.39, 0.29) is 0 Å². The van der Waals surface area contributed by atoms with Crippen LogP contribution in [-0.2, 0) is 7.05 Å². The lowest BCUT2D eigenvalue weighted by molar-refractivity contribution is 0.783. The van der Waals surface area contributed by atoms with E-state index in [1.807, 2.05) is 38.4 Å². The van der Waals surface area contributed by atoms with E-state index in [0.29, 0.717) is 5.82 Å². The molecule has 96 valence electrons. The topological polar surface area (TPSA) is 69.6 Å². The highest BCUT2D eigenvalue weighted by molar-refractivity contribution is 7.15. The van der Waals surface area contributed by atoms with E-state index in [1.54, 1.807) is 22.2 Å². The number of nitrogens with two attached hydrogens (primary N) is 1. The lowest BCUT2D eigenvalue weighted by atomic mass is 10.1. The molecule has 0 radical (unpaired) electrons. The minimum absolute atomic E-state index is 0.611. The van der Waals surface area contributed by atoms with Crippen molar-refractivity contribution in [2.24, 2.45) is 7.05 Å². The Balaban J connectivity index is 2.24. The molecule has 0 aliphatic rings. The second-order valence-electron chi connectivity index (χ2n) is 4.19. The molecule has 5 nitrogen and oxygen atoms in total. The van der Waals surface area contributed by atoms with Gasteiger partial charge in [0.1, 0.15) is 11.5 Å². The van der Waals surface area contributed by atoms with Gasteiger partial charge < -0.3 is 5.73 Å². The number of thiazole rings is 1. The summed E-state index contributed by atoms with van der Waals surface area (Å²) in [5, 5.41) is 5.50. The SMILES string of the molecule is Cc1ncc(-c2nn(C)c(N)c2-c2ccccn2)s1. The van der Waals surface area contributed by atoms with Gasteiger partial charge in [-0.05, 0) is 19.1 Å². The molecule has 3 heterocycles.